The summed E-state index contributed by atoms with van der Waals surface area (Å²) < 4.78 is 10.7. The van der Waals surface area contributed by atoms with Gasteiger partial charge in [-0.15, -0.1) is 0 Å². The van der Waals surface area contributed by atoms with E-state index >= 15 is 0 Å². The summed E-state index contributed by atoms with van der Waals surface area (Å²) in [5, 5.41) is 12.3. The normalized spacial score (nSPS) is 10.5. The lowest BCUT2D eigenvalue weighted by Crippen LogP contribution is -1.99. The van der Waals surface area contributed by atoms with Gasteiger partial charge in [-0.2, -0.15) is 0 Å². The number of hydrogen-bond acceptors (Lipinski definition) is 4. The molecular weight excluding hydrogens is 306 g/mol. The van der Waals surface area contributed by atoms with Crippen LogP contribution in [0.3, 0.4) is 0 Å². The van der Waals surface area contributed by atoms with Crippen LogP contribution in [0.1, 0.15) is 22.5 Å². The lowest BCUT2D eigenvalue weighted by Gasteiger charge is -2.06. The van der Waals surface area contributed by atoms with Gasteiger partial charge in [-0.3, -0.25) is 0 Å². The SMILES string of the molecule is O=C(O)c1cc(-c2ccc(OCCCc3ccccc3)cc2)on1. The van der Waals surface area contributed by atoms with Crippen LogP contribution in [0, 0.1) is 0 Å². The molecule has 5 nitrogen and oxygen atoms in total. The van der Waals surface area contributed by atoms with Crippen molar-refractivity contribution in [1.29, 1.82) is 0 Å². The Hall–Kier alpha value is -3.08. The number of hydrogen-bond donors (Lipinski definition) is 1. The van der Waals surface area contributed by atoms with Gasteiger partial charge in [0, 0.05) is 11.6 Å². The summed E-state index contributed by atoms with van der Waals surface area (Å²) >= 11 is 0. The fourth-order valence-electron chi connectivity index (χ4n) is 2.34. The molecule has 0 amide bonds. The van der Waals surface area contributed by atoms with E-state index in [4.69, 9.17) is 14.4 Å². The summed E-state index contributed by atoms with van der Waals surface area (Å²) in [6.07, 6.45) is 1.92. The van der Waals surface area contributed by atoms with Crippen molar-refractivity contribution in [2.24, 2.45) is 0 Å². The summed E-state index contributed by atoms with van der Waals surface area (Å²) in [7, 11) is 0. The molecule has 0 aliphatic carbocycles. The Kier molecular flexibility index (Phi) is 4.91. The quantitative estimate of drug-likeness (QED) is 0.664. The van der Waals surface area contributed by atoms with Crippen molar-refractivity contribution in [1.82, 2.24) is 5.16 Å². The highest BCUT2D eigenvalue weighted by Gasteiger charge is 2.12. The van der Waals surface area contributed by atoms with Crippen LogP contribution < -0.4 is 4.74 Å². The zero-order valence-corrected chi connectivity index (χ0v) is 13.0. The number of aromatic carboxylic acids is 1. The number of carbonyl (C=O) groups is 1. The minimum Gasteiger partial charge on any atom is -0.494 e. The minimum absolute atomic E-state index is 0.105. The molecule has 24 heavy (non-hydrogen) atoms. The molecular formula is C19H17NO4. The fourth-order valence-corrected chi connectivity index (χ4v) is 2.34. The van der Waals surface area contributed by atoms with Gasteiger partial charge in [-0.25, -0.2) is 4.79 Å². The van der Waals surface area contributed by atoms with E-state index in [0.717, 1.165) is 24.2 Å². The molecule has 1 heterocycles. The second-order valence-corrected chi connectivity index (χ2v) is 5.34. The number of nitrogens with zero attached hydrogens (tertiary/aromatic N) is 1. The van der Waals surface area contributed by atoms with Crippen LogP contribution in [-0.2, 0) is 6.42 Å². The standard InChI is InChI=1S/C19H17NO4/c21-19(22)17-13-18(24-20-17)15-8-10-16(11-9-15)23-12-4-7-14-5-2-1-3-6-14/h1-3,5-6,8-11,13H,4,7,12H2,(H,21,22). The van der Waals surface area contributed by atoms with Crippen LogP contribution in [0.2, 0.25) is 0 Å². The molecule has 0 aliphatic heterocycles. The lowest BCUT2D eigenvalue weighted by molar-refractivity contribution is 0.0686. The second kappa shape index (κ2) is 7.46. The highest BCUT2D eigenvalue weighted by atomic mass is 16.5. The summed E-state index contributed by atoms with van der Waals surface area (Å²) in [5.74, 6) is 0.0798. The lowest BCUT2D eigenvalue weighted by atomic mass is 10.1. The molecule has 0 saturated heterocycles. The van der Waals surface area contributed by atoms with E-state index in [0.29, 0.717) is 12.4 Å². The molecule has 3 aromatic rings. The molecule has 2 aromatic carbocycles. The Morgan fingerprint density at radius 3 is 2.50 bits per heavy atom. The maximum Gasteiger partial charge on any atom is 0.358 e. The van der Waals surface area contributed by atoms with E-state index < -0.39 is 5.97 Å². The Morgan fingerprint density at radius 1 is 1.08 bits per heavy atom. The van der Waals surface area contributed by atoms with Crippen LogP contribution in [0.15, 0.2) is 65.2 Å². The fraction of sp³-hybridized carbons (Fsp3) is 0.158. The van der Waals surface area contributed by atoms with Crippen LogP contribution >= 0.6 is 0 Å². The topological polar surface area (TPSA) is 72.6 Å². The third kappa shape index (κ3) is 4.01. The number of aromatic nitrogens is 1. The highest BCUT2D eigenvalue weighted by Crippen LogP contribution is 2.23. The van der Waals surface area contributed by atoms with E-state index in [1.54, 1.807) is 0 Å². The number of ether oxygens (including phenoxy) is 1. The van der Waals surface area contributed by atoms with Crippen molar-refractivity contribution < 1.29 is 19.2 Å². The smallest absolute Gasteiger partial charge is 0.358 e. The zero-order chi connectivity index (χ0) is 16.8. The zero-order valence-electron chi connectivity index (χ0n) is 13.0. The minimum atomic E-state index is -1.11. The van der Waals surface area contributed by atoms with Crippen molar-refractivity contribution in [3.63, 3.8) is 0 Å². The van der Waals surface area contributed by atoms with E-state index in [2.05, 4.69) is 17.3 Å². The average molecular weight is 323 g/mol. The Morgan fingerprint density at radius 2 is 1.83 bits per heavy atom. The molecule has 1 aromatic heterocycles. The Balaban J connectivity index is 1.51. The largest absolute Gasteiger partial charge is 0.494 e. The summed E-state index contributed by atoms with van der Waals surface area (Å²) in [4.78, 5) is 10.8. The Bertz CT molecular complexity index is 794. The van der Waals surface area contributed by atoms with E-state index in [-0.39, 0.29) is 5.69 Å². The maximum atomic E-state index is 10.8. The van der Waals surface area contributed by atoms with Gasteiger partial charge in [-0.05, 0) is 42.7 Å². The van der Waals surface area contributed by atoms with E-state index in [1.165, 1.54) is 11.6 Å². The predicted molar refractivity (Wildman–Crippen MR) is 89.2 cm³/mol. The first kappa shape index (κ1) is 15.8. The number of carboxylic acid groups (broad SMARTS) is 1. The molecule has 0 spiro atoms. The number of benzene rings is 2. The van der Waals surface area contributed by atoms with E-state index in [1.807, 2.05) is 42.5 Å². The second-order valence-electron chi connectivity index (χ2n) is 5.34. The van der Waals surface area contributed by atoms with Gasteiger partial charge in [0.25, 0.3) is 0 Å². The molecule has 0 saturated carbocycles. The van der Waals surface area contributed by atoms with Crippen LogP contribution in [0.25, 0.3) is 11.3 Å². The number of carboxylic acids is 1. The Labute approximate surface area is 139 Å². The molecule has 0 unspecified atom stereocenters. The molecule has 122 valence electrons. The van der Waals surface area contributed by atoms with Crippen LogP contribution in [0.4, 0.5) is 0 Å². The van der Waals surface area contributed by atoms with Gasteiger partial charge >= 0.3 is 5.97 Å². The molecule has 0 aliphatic rings. The highest BCUT2D eigenvalue weighted by molar-refractivity contribution is 5.86. The third-order valence-corrected chi connectivity index (χ3v) is 3.59. The first-order valence-corrected chi connectivity index (χ1v) is 7.69. The van der Waals surface area contributed by atoms with Crippen molar-refractivity contribution in [2.45, 2.75) is 12.8 Å². The molecule has 0 fully saturated rings. The van der Waals surface area contributed by atoms with Crippen LogP contribution in [-0.4, -0.2) is 22.8 Å². The molecule has 0 bridgehead atoms. The van der Waals surface area contributed by atoms with Gasteiger partial charge in [-0.1, -0.05) is 35.5 Å². The third-order valence-electron chi connectivity index (χ3n) is 3.59. The summed E-state index contributed by atoms with van der Waals surface area (Å²) in [6, 6.07) is 19.0. The summed E-state index contributed by atoms with van der Waals surface area (Å²) in [5.41, 5.74) is 1.95. The predicted octanol–water partition coefficient (Wildman–Crippen LogP) is 4.05. The summed E-state index contributed by atoms with van der Waals surface area (Å²) in [6.45, 7) is 0.639. The maximum absolute atomic E-state index is 10.8. The van der Waals surface area contributed by atoms with E-state index in [9.17, 15) is 4.79 Å². The van der Waals surface area contributed by atoms with Gasteiger partial charge in [0.05, 0.1) is 6.61 Å². The van der Waals surface area contributed by atoms with Gasteiger partial charge in [0.1, 0.15) is 5.75 Å². The van der Waals surface area contributed by atoms with Gasteiger partial charge in [0.15, 0.2) is 11.5 Å². The molecule has 0 atom stereocenters. The van der Waals surface area contributed by atoms with Crippen molar-refractivity contribution in [3.8, 4) is 17.1 Å². The van der Waals surface area contributed by atoms with Gasteiger partial charge < -0.3 is 14.4 Å². The van der Waals surface area contributed by atoms with Gasteiger partial charge in [0.2, 0.25) is 0 Å². The molecule has 5 heteroatoms. The van der Waals surface area contributed by atoms with Crippen molar-refractivity contribution in [3.05, 3.63) is 71.9 Å². The molecule has 3 rings (SSSR count). The first-order valence-electron chi connectivity index (χ1n) is 7.69. The van der Waals surface area contributed by atoms with Crippen molar-refractivity contribution >= 4 is 5.97 Å². The van der Waals surface area contributed by atoms with Crippen molar-refractivity contribution in [2.75, 3.05) is 6.61 Å². The number of rotatable bonds is 7. The molecule has 0 radical (unpaired) electrons. The first-order chi connectivity index (χ1) is 11.7. The van der Waals surface area contributed by atoms with Crippen LogP contribution in [0.5, 0.6) is 5.75 Å². The average Bonchev–Trinajstić information content (AvgIpc) is 3.11. The monoisotopic (exact) mass is 323 g/mol. The molecule has 1 N–H and O–H groups in total. The number of aryl methyl sites for hydroxylation is 1.